The molecule has 1 heterocycles. The molecule has 0 radical (unpaired) electrons. The SMILES string of the molecule is CCc1cc(Br)ccc1NC(=O)COC(=O)c1cccc(N2C(=O)[C@H]3CCCC[C@@H]3C2=O)c1. The molecule has 1 aliphatic heterocycles. The van der Waals surface area contributed by atoms with E-state index in [1.54, 1.807) is 18.2 Å². The van der Waals surface area contributed by atoms with Gasteiger partial charge in [-0.3, -0.25) is 19.3 Å². The first-order valence-electron chi connectivity index (χ1n) is 11.1. The van der Waals surface area contributed by atoms with Gasteiger partial charge in [-0.1, -0.05) is 41.8 Å². The third-order valence-electron chi connectivity index (χ3n) is 6.24. The van der Waals surface area contributed by atoms with Gasteiger partial charge in [0.25, 0.3) is 5.91 Å². The largest absolute Gasteiger partial charge is 0.452 e. The highest BCUT2D eigenvalue weighted by Gasteiger charge is 2.48. The Hall–Kier alpha value is -3.00. The number of benzene rings is 2. The Labute approximate surface area is 200 Å². The Morgan fingerprint density at radius 1 is 1.06 bits per heavy atom. The van der Waals surface area contributed by atoms with Crippen LogP contribution in [0.15, 0.2) is 46.9 Å². The number of aryl methyl sites for hydroxylation is 1. The first kappa shape index (κ1) is 23.2. The summed E-state index contributed by atoms with van der Waals surface area (Å²) >= 11 is 3.41. The van der Waals surface area contributed by atoms with Crippen LogP contribution in [0.5, 0.6) is 0 Å². The van der Waals surface area contributed by atoms with E-state index in [-0.39, 0.29) is 29.2 Å². The second-order valence-electron chi connectivity index (χ2n) is 8.34. The lowest BCUT2D eigenvalue weighted by atomic mass is 9.81. The van der Waals surface area contributed by atoms with Gasteiger partial charge < -0.3 is 10.1 Å². The lowest BCUT2D eigenvalue weighted by Gasteiger charge is -2.19. The Balaban J connectivity index is 1.41. The predicted octanol–water partition coefficient (Wildman–Crippen LogP) is 4.49. The molecule has 0 aromatic heterocycles. The summed E-state index contributed by atoms with van der Waals surface area (Å²) in [6, 6.07) is 11.8. The van der Waals surface area contributed by atoms with E-state index in [1.807, 2.05) is 19.1 Å². The fourth-order valence-electron chi connectivity index (χ4n) is 4.57. The molecule has 172 valence electrons. The third-order valence-corrected chi connectivity index (χ3v) is 6.73. The first-order chi connectivity index (χ1) is 15.9. The monoisotopic (exact) mass is 512 g/mol. The molecular weight excluding hydrogens is 488 g/mol. The quantitative estimate of drug-likeness (QED) is 0.454. The van der Waals surface area contributed by atoms with Crippen molar-refractivity contribution in [3.8, 4) is 0 Å². The van der Waals surface area contributed by atoms with E-state index in [0.29, 0.717) is 11.4 Å². The molecular formula is C25H25BrN2O5. The van der Waals surface area contributed by atoms with E-state index in [1.165, 1.54) is 17.0 Å². The highest BCUT2D eigenvalue weighted by molar-refractivity contribution is 9.10. The molecule has 1 saturated heterocycles. The standard InChI is InChI=1S/C25H25BrN2O5/c1-2-15-12-17(26)10-11-21(15)27-22(29)14-33-25(32)16-6-5-7-18(13-16)28-23(30)19-8-3-4-9-20(19)24(28)31/h5-7,10-13,19-20H,2-4,8-9,14H2,1H3,(H,27,29)/t19-,20-/m0/s1. The molecule has 0 spiro atoms. The molecule has 2 aromatic carbocycles. The molecule has 0 unspecified atom stereocenters. The summed E-state index contributed by atoms with van der Waals surface area (Å²) in [7, 11) is 0. The second kappa shape index (κ2) is 9.87. The molecule has 2 aromatic rings. The number of halogens is 1. The molecule has 8 heteroatoms. The van der Waals surface area contributed by atoms with Crippen LogP contribution in [0, 0.1) is 11.8 Å². The van der Waals surface area contributed by atoms with Gasteiger partial charge in [-0.05, 0) is 61.2 Å². The van der Waals surface area contributed by atoms with E-state index in [0.717, 1.165) is 42.1 Å². The fraction of sp³-hybridized carbons (Fsp3) is 0.360. The molecule has 33 heavy (non-hydrogen) atoms. The van der Waals surface area contributed by atoms with Gasteiger partial charge in [-0.25, -0.2) is 4.79 Å². The summed E-state index contributed by atoms with van der Waals surface area (Å²) in [5.74, 6) is -2.08. The van der Waals surface area contributed by atoms with Crippen LogP contribution >= 0.6 is 15.9 Å². The normalized spacial score (nSPS) is 19.9. The summed E-state index contributed by atoms with van der Waals surface area (Å²) in [4.78, 5) is 51.7. The minimum Gasteiger partial charge on any atom is -0.452 e. The van der Waals surface area contributed by atoms with E-state index in [4.69, 9.17) is 4.74 Å². The minimum atomic E-state index is -0.699. The maximum absolute atomic E-state index is 12.8. The number of carbonyl (C=O) groups excluding carboxylic acids is 4. The number of fused-ring (bicyclic) bond motifs is 1. The number of amides is 3. The number of nitrogens with one attached hydrogen (secondary N) is 1. The zero-order valence-corrected chi connectivity index (χ0v) is 19.9. The van der Waals surface area contributed by atoms with Crippen LogP contribution < -0.4 is 10.2 Å². The van der Waals surface area contributed by atoms with E-state index < -0.39 is 18.5 Å². The van der Waals surface area contributed by atoms with Crippen LogP contribution in [-0.2, 0) is 25.5 Å². The molecule has 1 N–H and O–H groups in total. The van der Waals surface area contributed by atoms with E-state index in [2.05, 4.69) is 21.2 Å². The van der Waals surface area contributed by atoms with Crippen molar-refractivity contribution in [3.63, 3.8) is 0 Å². The van der Waals surface area contributed by atoms with Gasteiger partial charge in [-0.15, -0.1) is 0 Å². The summed E-state index contributed by atoms with van der Waals surface area (Å²) in [5, 5.41) is 2.76. The molecule has 1 aliphatic carbocycles. The molecule has 2 aliphatic rings. The summed E-state index contributed by atoms with van der Waals surface area (Å²) in [6.07, 6.45) is 4.07. The van der Waals surface area contributed by atoms with Crippen LogP contribution in [0.2, 0.25) is 0 Å². The van der Waals surface area contributed by atoms with Gasteiger partial charge >= 0.3 is 5.97 Å². The van der Waals surface area contributed by atoms with Crippen molar-refractivity contribution in [3.05, 3.63) is 58.1 Å². The topological polar surface area (TPSA) is 92.8 Å². The second-order valence-corrected chi connectivity index (χ2v) is 9.25. The number of imide groups is 1. The number of anilines is 2. The molecule has 3 amide bonds. The molecule has 1 saturated carbocycles. The van der Waals surface area contributed by atoms with Gasteiger partial charge in [0, 0.05) is 10.2 Å². The molecule has 7 nitrogen and oxygen atoms in total. The highest BCUT2D eigenvalue weighted by Crippen LogP contribution is 2.40. The number of hydrogen-bond acceptors (Lipinski definition) is 5. The zero-order chi connectivity index (χ0) is 23.5. The van der Waals surface area contributed by atoms with Crippen molar-refractivity contribution in [1.82, 2.24) is 0 Å². The van der Waals surface area contributed by atoms with Crippen LogP contribution in [0.1, 0.15) is 48.5 Å². The number of nitrogens with zero attached hydrogens (tertiary/aromatic N) is 1. The minimum absolute atomic E-state index is 0.175. The zero-order valence-electron chi connectivity index (χ0n) is 18.3. The number of rotatable bonds is 6. The first-order valence-corrected chi connectivity index (χ1v) is 11.9. The van der Waals surface area contributed by atoms with Crippen molar-refractivity contribution in [2.45, 2.75) is 39.0 Å². The average molecular weight is 513 g/mol. The van der Waals surface area contributed by atoms with Crippen LogP contribution in [0.4, 0.5) is 11.4 Å². The molecule has 2 atom stereocenters. The Bertz CT molecular complexity index is 1090. The smallest absolute Gasteiger partial charge is 0.338 e. The Kier molecular flexibility index (Phi) is 6.93. The maximum Gasteiger partial charge on any atom is 0.338 e. The van der Waals surface area contributed by atoms with Crippen LogP contribution in [0.25, 0.3) is 0 Å². The maximum atomic E-state index is 12.8. The molecule has 2 fully saturated rings. The molecule has 0 bridgehead atoms. The van der Waals surface area contributed by atoms with Gasteiger partial charge in [0.2, 0.25) is 11.8 Å². The number of carbonyl (C=O) groups is 4. The van der Waals surface area contributed by atoms with Crippen molar-refractivity contribution in [2.24, 2.45) is 11.8 Å². The Morgan fingerprint density at radius 2 is 1.76 bits per heavy atom. The number of hydrogen-bond donors (Lipinski definition) is 1. The third kappa shape index (κ3) is 4.85. The van der Waals surface area contributed by atoms with Crippen molar-refractivity contribution >= 4 is 51.0 Å². The summed E-state index contributed by atoms with van der Waals surface area (Å²) < 4.78 is 6.09. The van der Waals surface area contributed by atoms with Gasteiger partial charge in [0.1, 0.15) is 0 Å². The van der Waals surface area contributed by atoms with Crippen LogP contribution in [-0.4, -0.2) is 30.3 Å². The number of ether oxygens (including phenoxy) is 1. The highest BCUT2D eigenvalue weighted by atomic mass is 79.9. The lowest BCUT2D eigenvalue weighted by Crippen LogP contribution is -2.31. The number of esters is 1. The van der Waals surface area contributed by atoms with E-state index in [9.17, 15) is 19.2 Å². The average Bonchev–Trinajstić information content (AvgIpc) is 3.08. The summed E-state index contributed by atoms with van der Waals surface area (Å²) in [5.41, 5.74) is 2.16. The van der Waals surface area contributed by atoms with Gasteiger partial charge in [-0.2, -0.15) is 0 Å². The van der Waals surface area contributed by atoms with Gasteiger partial charge in [0.05, 0.1) is 23.1 Å². The van der Waals surface area contributed by atoms with Crippen molar-refractivity contribution < 1.29 is 23.9 Å². The van der Waals surface area contributed by atoms with Crippen molar-refractivity contribution in [2.75, 3.05) is 16.8 Å². The fourth-order valence-corrected chi connectivity index (χ4v) is 4.97. The Morgan fingerprint density at radius 3 is 2.42 bits per heavy atom. The summed E-state index contributed by atoms with van der Waals surface area (Å²) in [6.45, 7) is 1.53. The van der Waals surface area contributed by atoms with Crippen LogP contribution in [0.3, 0.4) is 0 Å². The van der Waals surface area contributed by atoms with E-state index >= 15 is 0 Å². The predicted molar refractivity (Wildman–Crippen MR) is 127 cm³/mol. The lowest BCUT2D eigenvalue weighted by molar-refractivity contribution is -0.122. The molecule has 4 rings (SSSR count). The van der Waals surface area contributed by atoms with Crippen molar-refractivity contribution in [1.29, 1.82) is 0 Å². The van der Waals surface area contributed by atoms with Gasteiger partial charge in [0.15, 0.2) is 6.61 Å².